The number of carbonyl (C=O) groups excluding carboxylic acids is 1. The zero-order valence-corrected chi connectivity index (χ0v) is 22.1. The highest BCUT2D eigenvalue weighted by Gasteiger charge is 2.31. The minimum atomic E-state index is 0.0448. The largest absolute Gasteiger partial charge is 0.345 e. The van der Waals surface area contributed by atoms with Gasteiger partial charge in [-0.15, -0.1) is 0 Å². The van der Waals surface area contributed by atoms with Crippen LogP contribution in [-0.2, 0) is 13.0 Å². The summed E-state index contributed by atoms with van der Waals surface area (Å²) >= 11 is 6.80. The molecular weight excluding hydrogens is 454 g/mol. The van der Waals surface area contributed by atoms with E-state index >= 15 is 0 Å². The molecule has 0 aliphatic heterocycles. The minimum absolute atomic E-state index is 0.0448. The lowest BCUT2D eigenvalue weighted by Gasteiger charge is -2.37. The van der Waals surface area contributed by atoms with Crippen molar-refractivity contribution in [3.05, 3.63) is 77.2 Å². The Kier molecular flexibility index (Phi) is 7.91. The third-order valence-corrected chi connectivity index (χ3v) is 7.79. The van der Waals surface area contributed by atoms with Crippen molar-refractivity contribution < 1.29 is 9.36 Å². The van der Waals surface area contributed by atoms with Gasteiger partial charge in [0.2, 0.25) is 5.78 Å². The van der Waals surface area contributed by atoms with Crippen LogP contribution in [0.15, 0.2) is 60.9 Å². The third-order valence-electron chi connectivity index (χ3n) is 7.39. The first-order chi connectivity index (χ1) is 16.8. The zero-order chi connectivity index (χ0) is 25.0. The van der Waals surface area contributed by atoms with Gasteiger partial charge in [0.1, 0.15) is 5.69 Å². The average molecular weight is 491 g/mol. The number of anilines is 1. The number of carbonyl (C=O) groups is 1. The van der Waals surface area contributed by atoms with Crippen LogP contribution in [0, 0.1) is 11.3 Å². The van der Waals surface area contributed by atoms with E-state index in [2.05, 4.69) is 50.1 Å². The first-order valence-electron chi connectivity index (χ1n) is 12.8. The monoisotopic (exact) mass is 490 g/mol. The van der Waals surface area contributed by atoms with Crippen LogP contribution < -0.4 is 9.88 Å². The topological polar surface area (TPSA) is 45.9 Å². The maximum atomic E-state index is 13.0. The fourth-order valence-electron chi connectivity index (χ4n) is 5.13. The average Bonchev–Trinajstić information content (AvgIpc) is 2.86. The van der Waals surface area contributed by atoms with Gasteiger partial charge in [-0.2, -0.15) is 0 Å². The van der Waals surface area contributed by atoms with Crippen LogP contribution in [0.25, 0.3) is 11.1 Å². The standard InChI is InChI=1S/C30H36ClN3O/c1-5-26-28(31)29(33-25-17-15-24(16-18-25)30(2,3)4)32-20-34(26)19-27(35)23-13-11-22(12-14-23)21-9-7-6-8-10-21/h6-14,20,24-25H,5,15-19H2,1-4H3/p+1. The lowest BCUT2D eigenvalue weighted by molar-refractivity contribution is -0.693. The summed E-state index contributed by atoms with van der Waals surface area (Å²) in [5, 5.41) is 4.21. The lowest BCUT2D eigenvalue weighted by atomic mass is 9.71. The van der Waals surface area contributed by atoms with Gasteiger partial charge in [-0.05, 0) is 53.1 Å². The Morgan fingerprint density at radius 1 is 1.00 bits per heavy atom. The number of hydrogen-bond acceptors (Lipinski definition) is 3. The predicted octanol–water partition coefficient (Wildman–Crippen LogP) is 7.15. The summed E-state index contributed by atoms with van der Waals surface area (Å²) in [5.41, 5.74) is 4.22. The van der Waals surface area contributed by atoms with Crippen LogP contribution in [0.4, 0.5) is 5.82 Å². The van der Waals surface area contributed by atoms with E-state index in [9.17, 15) is 4.79 Å². The van der Waals surface area contributed by atoms with E-state index in [4.69, 9.17) is 11.6 Å². The maximum Gasteiger partial charge on any atom is 0.289 e. The van der Waals surface area contributed by atoms with Gasteiger partial charge in [0, 0.05) is 18.0 Å². The molecule has 0 atom stereocenters. The predicted molar refractivity (Wildman–Crippen MR) is 144 cm³/mol. The van der Waals surface area contributed by atoms with Crippen LogP contribution in [0.5, 0.6) is 0 Å². The van der Waals surface area contributed by atoms with Crippen molar-refractivity contribution in [3.8, 4) is 11.1 Å². The van der Waals surface area contributed by atoms with E-state index in [0.717, 1.165) is 47.8 Å². The van der Waals surface area contributed by atoms with Crippen molar-refractivity contribution >= 4 is 23.2 Å². The summed E-state index contributed by atoms with van der Waals surface area (Å²) < 4.78 is 1.89. The molecule has 35 heavy (non-hydrogen) atoms. The first-order valence-corrected chi connectivity index (χ1v) is 13.2. The SMILES string of the molecule is CCc1c(Cl)c(NC2CCC(C(C)(C)C)CC2)nc[n+]1CC(=O)c1ccc(-c2ccccc2)cc1. The van der Waals surface area contributed by atoms with Crippen LogP contribution in [-0.4, -0.2) is 16.8 Å². The van der Waals surface area contributed by atoms with Gasteiger partial charge >= 0.3 is 0 Å². The summed E-state index contributed by atoms with van der Waals surface area (Å²) in [6.45, 7) is 9.30. The van der Waals surface area contributed by atoms with Crippen molar-refractivity contribution in [3.63, 3.8) is 0 Å². The molecule has 3 aromatic rings. The smallest absolute Gasteiger partial charge is 0.289 e. The molecule has 1 N–H and O–H groups in total. The molecule has 1 aromatic heterocycles. The highest BCUT2D eigenvalue weighted by molar-refractivity contribution is 6.33. The molecule has 0 bridgehead atoms. The maximum absolute atomic E-state index is 13.0. The Hall–Kier alpha value is -2.72. The minimum Gasteiger partial charge on any atom is -0.345 e. The Bertz CT molecular complexity index is 1140. The second-order valence-corrected chi connectivity index (χ2v) is 11.1. The van der Waals surface area contributed by atoms with Gasteiger partial charge < -0.3 is 5.32 Å². The normalized spacial score (nSPS) is 18.3. The first kappa shape index (κ1) is 25.4. The van der Waals surface area contributed by atoms with E-state index in [-0.39, 0.29) is 12.3 Å². The number of halogens is 1. The van der Waals surface area contributed by atoms with Gasteiger partial charge in [-0.3, -0.25) is 4.79 Å². The van der Waals surface area contributed by atoms with Crippen molar-refractivity contribution in [2.24, 2.45) is 11.3 Å². The van der Waals surface area contributed by atoms with E-state index < -0.39 is 0 Å². The quantitative estimate of drug-likeness (QED) is 0.282. The molecule has 0 unspecified atom stereocenters. The highest BCUT2D eigenvalue weighted by atomic mass is 35.5. The Morgan fingerprint density at radius 3 is 2.23 bits per heavy atom. The molecule has 0 saturated heterocycles. The Labute approximate surface area is 214 Å². The van der Waals surface area contributed by atoms with Gasteiger partial charge in [0.05, 0.1) is 0 Å². The second kappa shape index (κ2) is 10.9. The summed E-state index contributed by atoms with van der Waals surface area (Å²) in [6, 6.07) is 18.4. The van der Waals surface area contributed by atoms with Crippen molar-refractivity contribution in [1.29, 1.82) is 0 Å². The second-order valence-electron chi connectivity index (χ2n) is 10.8. The molecule has 0 amide bonds. The molecule has 1 aliphatic carbocycles. The number of hydrogen-bond donors (Lipinski definition) is 1. The summed E-state index contributed by atoms with van der Waals surface area (Å²) in [6.07, 6.45) is 7.20. The van der Waals surface area contributed by atoms with Crippen LogP contribution >= 0.6 is 11.6 Å². The number of benzene rings is 2. The molecule has 5 heteroatoms. The number of aromatic nitrogens is 2. The van der Waals surface area contributed by atoms with Gasteiger partial charge in [0.25, 0.3) is 12.1 Å². The van der Waals surface area contributed by atoms with Crippen LogP contribution in [0.1, 0.15) is 69.4 Å². The number of ketones is 1. The van der Waals surface area contributed by atoms with Crippen molar-refractivity contribution in [2.75, 3.05) is 5.32 Å². The van der Waals surface area contributed by atoms with Crippen LogP contribution in [0.2, 0.25) is 5.02 Å². The molecule has 184 valence electrons. The molecule has 0 radical (unpaired) electrons. The fourth-order valence-corrected chi connectivity index (χ4v) is 5.48. The molecule has 4 nitrogen and oxygen atoms in total. The molecule has 1 saturated carbocycles. The van der Waals surface area contributed by atoms with Gasteiger partial charge in [0.15, 0.2) is 11.6 Å². The molecule has 4 rings (SSSR count). The van der Waals surface area contributed by atoms with E-state index in [1.807, 2.05) is 47.0 Å². The van der Waals surface area contributed by atoms with Gasteiger partial charge in [-0.1, -0.05) is 93.9 Å². The Balaban J connectivity index is 1.43. The third kappa shape index (κ3) is 6.10. The van der Waals surface area contributed by atoms with Gasteiger partial charge in [-0.25, -0.2) is 4.57 Å². The van der Waals surface area contributed by atoms with Crippen LogP contribution in [0.3, 0.4) is 0 Å². The van der Waals surface area contributed by atoms with E-state index in [1.54, 1.807) is 6.33 Å². The molecule has 1 fully saturated rings. The summed E-state index contributed by atoms with van der Waals surface area (Å²) in [7, 11) is 0. The zero-order valence-electron chi connectivity index (χ0n) is 21.4. The van der Waals surface area contributed by atoms with Crippen molar-refractivity contribution in [1.82, 2.24) is 4.98 Å². The number of Topliss-reactive ketones (excluding diaryl/α,β-unsaturated/α-hetero) is 1. The number of nitrogens with one attached hydrogen (secondary N) is 1. The summed E-state index contributed by atoms with van der Waals surface area (Å²) in [5.74, 6) is 1.54. The molecule has 1 aliphatic rings. The van der Waals surface area contributed by atoms with E-state index in [1.165, 1.54) is 12.8 Å². The van der Waals surface area contributed by atoms with E-state index in [0.29, 0.717) is 22.0 Å². The summed E-state index contributed by atoms with van der Waals surface area (Å²) in [4.78, 5) is 17.7. The molecular formula is C30H37ClN3O+. The Morgan fingerprint density at radius 2 is 1.63 bits per heavy atom. The lowest BCUT2D eigenvalue weighted by Crippen LogP contribution is -2.43. The number of nitrogens with zero attached hydrogens (tertiary/aromatic N) is 2. The van der Waals surface area contributed by atoms with Crippen molar-refractivity contribution in [2.45, 2.75) is 72.4 Å². The fraction of sp³-hybridized carbons (Fsp3) is 0.433. The highest BCUT2D eigenvalue weighted by Crippen LogP contribution is 2.38. The molecule has 0 spiro atoms. The molecule has 1 heterocycles. The molecule has 2 aromatic carbocycles. The number of rotatable bonds is 7.